The Hall–Kier alpha value is -4.69. The van der Waals surface area contributed by atoms with Crippen LogP contribution in [0, 0.1) is 5.82 Å². The molecule has 3 heterocycles. The summed E-state index contributed by atoms with van der Waals surface area (Å²) in [7, 11) is 3.69. The number of pyridine rings is 1. The molecule has 0 aliphatic carbocycles. The van der Waals surface area contributed by atoms with Gasteiger partial charge in [0.25, 0.3) is 5.91 Å². The number of likely N-dealkylation sites (N-methyl/N-ethyl adjacent to an activating group) is 1. The van der Waals surface area contributed by atoms with Crippen molar-refractivity contribution < 1.29 is 27.1 Å². The fourth-order valence-corrected chi connectivity index (χ4v) is 4.67. The van der Waals surface area contributed by atoms with Gasteiger partial charge in [-0.15, -0.1) is 0 Å². The van der Waals surface area contributed by atoms with Crippen molar-refractivity contribution in [2.75, 3.05) is 57.5 Å². The third kappa shape index (κ3) is 7.44. The normalized spacial score (nSPS) is 14.3. The van der Waals surface area contributed by atoms with E-state index in [0.717, 1.165) is 50.4 Å². The maximum Gasteiger partial charge on any atom is 0.416 e. The van der Waals surface area contributed by atoms with Crippen molar-refractivity contribution in [3.05, 3.63) is 83.6 Å². The highest BCUT2D eigenvalue weighted by atomic mass is 19.4. The van der Waals surface area contributed by atoms with Gasteiger partial charge < -0.3 is 25.2 Å². The molecule has 14 heteroatoms. The minimum Gasteiger partial charge on any atom is -0.438 e. The molecule has 0 bridgehead atoms. The van der Waals surface area contributed by atoms with Crippen LogP contribution in [0.2, 0.25) is 0 Å². The van der Waals surface area contributed by atoms with Crippen molar-refractivity contribution in [3.63, 3.8) is 0 Å². The standard InChI is InChI=1S/C30H30F4N8O2/c1-35-29-38-18-37-26(40-29)22-4-3-10-36-28(22)44-21-7-8-24(31)23(17-21)27(43)39-25-16-20(30(32,33)34)6-5-19(25)9-11-42-14-12-41(2)13-15-42/h3-8,10,16-18H,9,11-15H2,1-2H3,(H,39,43)(H,35,37,38,40). The third-order valence-electron chi connectivity index (χ3n) is 7.18. The van der Waals surface area contributed by atoms with E-state index in [2.05, 4.69) is 40.4 Å². The molecular formula is C30H30F4N8O2. The van der Waals surface area contributed by atoms with Crippen LogP contribution in [-0.4, -0.2) is 82.5 Å². The van der Waals surface area contributed by atoms with Gasteiger partial charge in [-0.3, -0.25) is 4.79 Å². The van der Waals surface area contributed by atoms with E-state index in [-0.39, 0.29) is 23.1 Å². The van der Waals surface area contributed by atoms with Crippen LogP contribution in [0.15, 0.2) is 61.1 Å². The highest BCUT2D eigenvalue weighted by molar-refractivity contribution is 6.05. The highest BCUT2D eigenvalue weighted by Crippen LogP contribution is 2.34. The van der Waals surface area contributed by atoms with Crippen LogP contribution in [-0.2, 0) is 12.6 Å². The number of nitrogens with one attached hydrogen (secondary N) is 2. The molecule has 1 saturated heterocycles. The molecule has 1 fully saturated rings. The summed E-state index contributed by atoms with van der Waals surface area (Å²) in [5.41, 5.74) is -0.451. The molecule has 0 unspecified atom stereocenters. The second-order valence-electron chi connectivity index (χ2n) is 10.2. The smallest absolute Gasteiger partial charge is 0.416 e. The zero-order valence-corrected chi connectivity index (χ0v) is 24.0. The van der Waals surface area contributed by atoms with E-state index in [0.29, 0.717) is 30.0 Å². The Balaban J connectivity index is 1.38. The first-order valence-electron chi connectivity index (χ1n) is 13.8. The minimum atomic E-state index is -4.62. The topological polar surface area (TPSA) is 108 Å². The van der Waals surface area contributed by atoms with Crippen LogP contribution in [0.3, 0.4) is 0 Å². The Labute approximate surface area is 251 Å². The number of carbonyl (C=O) groups is 1. The maximum absolute atomic E-state index is 14.9. The van der Waals surface area contributed by atoms with E-state index in [1.165, 1.54) is 24.7 Å². The zero-order valence-electron chi connectivity index (χ0n) is 24.0. The van der Waals surface area contributed by atoms with Crippen molar-refractivity contribution >= 4 is 17.5 Å². The average Bonchev–Trinajstić information content (AvgIpc) is 3.02. The number of halogens is 4. The fraction of sp³-hybridized carbons (Fsp3) is 0.300. The van der Waals surface area contributed by atoms with E-state index in [9.17, 15) is 22.4 Å². The van der Waals surface area contributed by atoms with Crippen molar-refractivity contribution in [1.82, 2.24) is 29.7 Å². The molecule has 0 spiro atoms. The lowest BCUT2D eigenvalue weighted by molar-refractivity contribution is -0.137. The summed E-state index contributed by atoms with van der Waals surface area (Å²) in [6.07, 6.45) is -1.43. The van der Waals surface area contributed by atoms with Crippen LogP contribution < -0.4 is 15.4 Å². The van der Waals surface area contributed by atoms with Crippen LogP contribution in [0.25, 0.3) is 11.4 Å². The van der Waals surface area contributed by atoms with E-state index in [4.69, 9.17) is 4.74 Å². The molecule has 0 atom stereocenters. The van der Waals surface area contributed by atoms with E-state index in [1.807, 2.05) is 7.05 Å². The number of nitrogens with zero attached hydrogens (tertiary/aromatic N) is 6. The van der Waals surface area contributed by atoms with Crippen molar-refractivity contribution in [1.29, 1.82) is 0 Å². The Morgan fingerprint density at radius 1 is 1.02 bits per heavy atom. The molecule has 2 aromatic heterocycles. The van der Waals surface area contributed by atoms with Gasteiger partial charge in [-0.25, -0.2) is 19.3 Å². The quantitative estimate of drug-likeness (QED) is 0.254. The number of hydrogen-bond donors (Lipinski definition) is 2. The Morgan fingerprint density at radius 3 is 2.57 bits per heavy atom. The van der Waals surface area contributed by atoms with Crippen LogP contribution in [0.1, 0.15) is 21.5 Å². The number of aromatic nitrogens is 4. The van der Waals surface area contributed by atoms with Gasteiger partial charge >= 0.3 is 6.18 Å². The molecule has 44 heavy (non-hydrogen) atoms. The van der Waals surface area contributed by atoms with E-state index < -0.39 is 29.0 Å². The zero-order chi connectivity index (χ0) is 31.3. The first-order chi connectivity index (χ1) is 21.1. The molecule has 2 aromatic carbocycles. The molecule has 1 aliphatic heterocycles. The predicted molar refractivity (Wildman–Crippen MR) is 156 cm³/mol. The molecule has 5 rings (SSSR count). The third-order valence-corrected chi connectivity index (χ3v) is 7.18. The lowest BCUT2D eigenvalue weighted by atomic mass is 10.0. The SMILES string of the molecule is CNc1ncnc(-c2cccnc2Oc2ccc(F)c(C(=O)Nc3cc(C(F)(F)F)ccc3CCN3CCN(C)CC3)c2)n1. The number of rotatable bonds is 9. The van der Waals surface area contributed by atoms with Gasteiger partial charge in [0.15, 0.2) is 5.82 Å². The van der Waals surface area contributed by atoms with Gasteiger partial charge in [-0.2, -0.15) is 18.2 Å². The van der Waals surface area contributed by atoms with Crippen LogP contribution in [0.4, 0.5) is 29.2 Å². The van der Waals surface area contributed by atoms with E-state index in [1.54, 1.807) is 19.2 Å². The molecule has 10 nitrogen and oxygen atoms in total. The number of carbonyl (C=O) groups excluding carboxylic acids is 1. The fourth-order valence-electron chi connectivity index (χ4n) is 4.67. The molecule has 1 amide bonds. The number of ether oxygens (including phenoxy) is 1. The van der Waals surface area contributed by atoms with Gasteiger partial charge in [0, 0.05) is 51.7 Å². The van der Waals surface area contributed by atoms with Crippen LogP contribution in [0.5, 0.6) is 11.6 Å². The summed E-state index contributed by atoms with van der Waals surface area (Å²) in [6.45, 7) is 4.04. The first kappa shape index (κ1) is 30.8. The number of anilines is 2. The molecule has 1 aliphatic rings. The van der Waals surface area contributed by atoms with Crippen molar-refractivity contribution in [2.45, 2.75) is 12.6 Å². The molecule has 2 N–H and O–H groups in total. The maximum atomic E-state index is 14.9. The van der Waals surface area contributed by atoms with E-state index >= 15 is 0 Å². The number of hydrogen-bond acceptors (Lipinski definition) is 9. The van der Waals surface area contributed by atoms with Gasteiger partial charge in [0.2, 0.25) is 11.8 Å². The lowest BCUT2D eigenvalue weighted by Gasteiger charge is -2.32. The second-order valence-corrected chi connectivity index (χ2v) is 10.2. The summed E-state index contributed by atoms with van der Waals surface area (Å²) in [6, 6.07) is 10.1. The molecule has 0 radical (unpaired) electrons. The number of alkyl halides is 3. The molecular weight excluding hydrogens is 580 g/mol. The molecule has 0 saturated carbocycles. The van der Waals surface area contributed by atoms with Gasteiger partial charge in [-0.1, -0.05) is 6.07 Å². The summed E-state index contributed by atoms with van der Waals surface area (Å²) in [4.78, 5) is 34.4. The summed E-state index contributed by atoms with van der Waals surface area (Å²) in [5.74, 6) is -1.06. The van der Waals surface area contributed by atoms with Gasteiger partial charge in [0.1, 0.15) is 17.9 Å². The van der Waals surface area contributed by atoms with Gasteiger partial charge in [0.05, 0.1) is 16.7 Å². The van der Waals surface area contributed by atoms with Crippen LogP contribution >= 0.6 is 0 Å². The Bertz CT molecular complexity index is 1630. The Kier molecular flexibility index (Phi) is 9.30. The van der Waals surface area contributed by atoms with Crippen molar-refractivity contribution in [3.8, 4) is 23.0 Å². The highest BCUT2D eigenvalue weighted by Gasteiger charge is 2.31. The monoisotopic (exact) mass is 610 g/mol. The number of piperazine rings is 1. The lowest BCUT2D eigenvalue weighted by Crippen LogP contribution is -2.45. The van der Waals surface area contributed by atoms with Crippen molar-refractivity contribution in [2.24, 2.45) is 0 Å². The molecule has 4 aromatic rings. The number of benzene rings is 2. The minimum absolute atomic E-state index is 0.0353. The number of amides is 1. The summed E-state index contributed by atoms with van der Waals surface area (Å²) < 4.78 is 61.5. The largest absolute Gasteiger partial charge is 0.438 e. The summed E-state index contributed by atoms with van der Waals surface area (Å²) >= 11 is 0. The second kappa shape index (κ2) is 13.3. The summed E-state index contributed by atoms with van der Waals surface area (Å²) in [5, 5.41) is 5.32. The average molecular weight is 611 g/mol. The molecule has 230 valence electrons. The predicted octanol–water partition coefficient (Wildman–Crippen LogP) is 4.97. The Morgan fingerprint density at radius 2 is 1.82 bits per heavy atom. The first-order valence-corrected chi connectivity index (χ1v) is 13.8. The van der Waals surface area contributed by atoms with Gasteiger partial charge in [-0.05, 0) is 61.5 Å².